The maximum atomic E-state index is 11.2. The number of fused-ring (bicyclic) bond motifs is 1. The van der Waals surface area contributed by atoms with Gasteiger partial charge in [-0.1, -0.05) is 52.7 Å². The molecule has 0 saturated carbocycles. The van der Waals surface area contributed by atoms with Gasteiger partial charge in [0.25, 0.3) is 5.91 Å². The zero-order valence-corrected chi connectivity index (χ0v) is 18.7. The van der Waals surface area contributed by atoms with Gasteiger partial charge >= 0.3 is 0 Å². The normalized spacial score (nSPS) is 23.8. The molecule has 2 aliphatic rings. The second-order valence-electron chi connectivity index (χ2n) is 8.45. The molecule has 1 unspecified atom stereocenters. The molecule has 0 spiro atoms. The van der Waals surface area contributed by atoms with Gasteiger partial charge in [-0.3, -0.25) is 9.80 Å². The van der Waals surface area contributed by atoms with Crippen LogP contribution < -0.4 is 15.3 Å². The third-order valence-corrected chi connectivity index (χ3v) is 6.05. The highest BCUT2D eigenvalue weighted by atomic mass is 16.6. The van der Waals surface area contributed by atoms with E-state index < -0.39 is 0 Å². The standard InChI is InChI=1S/C13H18O2.C10H20N2O2/c1-4-10(2)13(3)9-14-11-7-5-6-8-12(11)15-13;1-3-5-10(6-4-2)8-12(11)9(13)7-14-10/h5-8,10H,4,9H2,1-3H3;3-8,11H2,1-2H3/t10-,13?;/m1./s1. The number of hydrogen-bond acceptors (Lipinski definition) is 5. The quantitative estimate of drug-likeness (QED) is 0.562. The predicted molar refractivity (Wildman–Crippen MR) is 115 cm³/mol. The van der Waals surface area contributed by atoms with Crippen LogP contribution >= 0.6 is 0 Å². The Kier molecular flexibility index (Phi) is 8.34. The van der Waals surface area contributed by atoms with Gasteiger partial charge in [-0.05, 0) is 44.2 Å². The van der Waals surface area contributed by atoms with E-state index in [9.17, 15) is 4.79 Å². The molecule has 0 aromatic heterocycles. The highest BCUT2D eigenvalue weighted by Crippen LogP contribution is 2.38. The fourth-order valence-electron chi connectivity index (χ4n) is 3.91. The lowest BCUT2D eigenvalue weighted by molar-refractivity contribution is -0.166. The minimum atomic E-state index is -0.191. The average molecular weight is 407 g/mol. The number of ether oxygens (including phenoxy) is 3. The molecule has 0 aliphatic carbocycles. The van der Waals surface area contributed by atoms with Crippen molar-refractivity contribution in [2.24, 2.45) is 11.8 Å². The molecule has 2 heterocycles. The lowest BCUT2D eigenvalue weighted by Gasteiger charge is -2.40. The van der Waals surface area contributed by atoms with Gasteiger partial charge in [-0.15, -0.1) is 0 Å². The summed E-state index contributed by atoms with van der Waals surface area (Å²) in [5, 5.41) is 1.30. The Morgan fingerprint density at radius 1 is 1.14 bits per heavy atom. The third-order valence-electron chi connectivity index (χ3n) is 6.05. The number of hydrogen-bond donors (Lipinski definition) is 1. The maximum Gasteiger partial charge on any atom is 0.262 e. The molecule has 0 bridgehead atoms. The molecule has 1 aromatic rings. The van der Waals surface area contributed by atoms with Crippen molar-refractivity contribution in [2.75, 3.05) is 19.8 Å². The average Bonchev–Trinajstić information content (AvgIpc) is 2.71. The number of morpholine rings is 1. The van der Waals surface area contributed by atoms with Gasteiger partial charge in [0.1, 0.15) is 18.8 Å². The van der Waals surface area contributed by atoms with Gasteiger partial charge in [0.2, 0.25) is 0 Å². The maximum absolute atomic E-state index is 11.2. The molecule has 29 heavy (non-hydrogen) atoms. The van der Waals surface area contributed by atoms with Crippen molar-refractivity contribution in [3.05, 3.63) is 24.3 Å². The smallest absolute Gasteiger partial charge is 0.262 e. The number of benzene rings is 1. The van der Waals surface area contributed by atoms with E-state index in [-0.39, 0.29) is 23.7 Å². The Labute approximate surface area is 175 Å². The number of nitrogens with two attached hydrogens (primary N) is 1. The van der Waals surface area contributed by atoms with Crippen LogP contribution in [0.25, 0.3) is 0 Å². The minimum Gasteiger partial charge on any atom is -0.486 e. The summed E-state index contributed by atoms with van der Waals surface area (Å²) in [5.41, 5.74) is -0.380. The summed E-state index contributed by atoms with van der Waals surface area (Å²) in [6.07, 6.45) is 5.16. The van der Waals surface area contributed by atoms with Gasteiger partial charge in [-0.25, -0.2) is 5.84 Å². The Morgan fingerprint density at radius 2 is 1.76 bits per heavy atom. The number of para-hydroxylation sites is 2. The Morgan fingerprint density at radius 3 is 2.31 bits per heavy atom. The van der Waals surface area contributed by atoms with Crippen molar-refractivity contribution in [3.8, 4) is 11.5 Å². The Hall–Kier alpha value is -1.79. The van der Waals surface area contributed by atoms with Crippen LogP contribution in [-0.4, -0.2) is 41.9 Å². The van der Waals surface area contributed by atoms with Crippen LogP contribution in [0.2, 0.25) is 0 Å². The van der Waals surface area contributed by atoms with Crippen LogP contribution in [0.1, 0.15) is 66.7 Å². The monoisotopic (exact) mass is 406 g/mol. The fraction of sp³-hybridized carbons (Fsp3) is 0.696. The molecule has 2 atom stereocenters. The molecule has 3 rings (SSSR count). The van der Waals surface area contributed by atoms with Crippen molar-refractivity contribution in [3.63, 3.8) is 0 Å². The van der Waals surface area contributed by atoms with Crippen LogP contribution in [0.3, 0.4) is 0 Å². The van der Waals surface area contributed by atoms with E-state index in [0.717, 1.165) is 43.6 Å². The number of nitrogens with zero attached hydrogens (tertiary/aromatic N) is 1. The molecule has 6 heteroatoms. The minimum absolute atomic E-state index is 0.118. The largest absolute Gasteiger partial charge is 0.486 e. The van der Waals surface area contributed by atoms with Crippen LogP contribution in [-0.2, 0) is 9.53 Å². The lowest BCUT2D eigenvalue weighted by atomic mass is 9.88. The zero-order valence-electron chi connectivity index (χ0n) is 18.7. The lowest BCUT2D eigenvalue weighted by Crippen LogP contribution is -2.57. The number of carbonyl (C=O) groups is 1. The van der Waals surface area contributed by atoms with Crippen LogP contribution in [0.4, 0.5) is 0 Å². The summed E-state index contributed by atoms with van der Waals surface area (Å²) in [4.78, 5) is 11.2. The van der Waals surface area contributed by atoms with Crippen molar-refractivity contribution < 1.29 is 19.0 Å². The predicted octanol–water partition coefficient (Wildman–Crippen LogP) is 4.32. The van der Waals surface area contributed by atoms with Gasteiger partial charge < -0.3 is 14.2 Å². The molecule has 164 valence electrons. The molecule has 0 radical (unpaired) electrons. The molecule has 6 nitrogen and oxygen atoms in total. The first-order valence-corrected chi connectivity index (χ1v) is 10.9. The Bertz CT molecular complexity index is 660. The van der Waals surface area contributed by atoms with E-state index in [2.05, 4.69) is 34.6 Å². The van der Waals surface area contributed by atoms with E-state index >= 15 is 0 Å². The number of rotatable bonds is 6. The fourth-order valence-corrected chi connectivity index (χ4v) is 3.91. The van der Waals surface area contributed by atoms with Crippen molar-refractivity contribution in [1.29, 1.82) is 0 Å². The van der Waals surface area contributed by atoms with E-state index in [1.807, 2.05) is 24.3 Å². The summed E-state index contributed by atoms with van der Waals surface area (Å²) in [5.74, 6) is 7.72. The highest BCUT2D eigenvalue weighted by Gasteiger charge is 2.38. The summed E-state index contributed by atoms with van der Waals surface area (Å²) >= 11 is 0. The molecule has 1 fully saturated rings. The van der Waals surface area contributed by atoms with Crippen LogP contribution in [0.15, 0.2) is 24.3 Å². The van der Waals surface area contributed by atoms with Crippen molar-refractivity contribution >= 4 is 5.91 Å². The highest BCUT2D eigenvalue weighted by molar-refractivity contribution is 5.77. The molecular formula is C23H38N2O4. The zero-order chi connectivity index (χ0) is 21.5. The molecule has 2 aliphatic heterocycles. The van der Waals surface area contributed by atoms with Crippen LogP contribution in [0.5, 0.6) is 11.5 Å². The van der Waals surface area contributed by atoms with E-state index in [1.54, 1.807) is 0 Å². The molecular weight excluding hydrogens is 368 g/mol. The topological polar surface area (TPSA) is 74.0 Å². The van der Waals surface area contributed by atoms with E-state index in [1.165, 1.54) is 5.01 Å². The first kappa shape index (κ1) is 23.5. The molecule has 1 saturated heterocycles. The van der Waals surface area contributed by atoms with Gasteiger partial charge in [-0.2, -0.15) is 0 Å². The summed E-state index contributed by atoms with van der Waals surface area (Å²) in [7, 11) is 0. The second kappa shape index (κ2) is 10.3. The SMILES string of the molecule is CCCC1(CCC)CN(N)C(=O)CO1.CC[C@@H](C)C1(C)COc2ccccc2O1. The van der Waals surface area contributed by atoms with Gasteiger partial charge in [0.15, 0.2) is 11.5 Å². The summed E-state index contributed by atoms with van der Waals surface area (Å²) in [6, 6.07) is 7.86. The van der Waals surface area contributed by atoms with Crippen molar-refractivity contribution in [1.82, 2.24) is 5.01 Å². The van der Waals surface area contributed by atoms with E-state index in [0.29, 0.717) is 19.1 Å². The number of amides is 1. The first-order valence-electron chi connectivity index (χ1n) is 10.9. The molecule has 1 amide bonds. The van der Waals surface area contributed by atoms with Gasteiger partial charge in [0, 0.05) is 0 Å². The third kappa shape index (κ3) is 5.86. The van der Waals surface area contributed by atoms with Crippen LogP contribution in [0, 0.1) is 5.92 Å². The summed E-state index contributed by atoms with van der Waals surface area (Å²) in [6.45, 7) is 12.1. The molecule has 1 aromatic carbocycles. The first-order chi connectivity index (χ1) is 13.8. The number of carbonyl (C=O) groups excluding carboxylic acids is 1. The number of hydrazine groups is 1. The Balaban J connectivity index is 0.000000208. The van der Waals surface area contributed by atoms with Gasteiger partial charge in [0.05, 0.1) is 12.1 Å². The molecule has 2 N–H and O–H groups in total. The second-order valence-corrected chi connectivity index (χ2v) is 8.45. The van der Waals surface area contributed by atoms with E-state index in [4.69, 9.17) is 20.1 Å². The van der Waals surface area contributed by atoms with Crippen molar-refractivity contribution in [2.45, 2.75) is 77.9 Å². The summed E-state index contributed by atoms with van der Waals surface area (Å²) < 4.78 is 17.4.